The largest absolute Gasteiger partial charge is 0.497 e. The number of halogens is 1. The predicted molar refractivity (Wildman–Crippen MR) is 93.0 cm³/mol. The molecule has 3 rings (SSSR count). The molecule has 1 atom stereocenters. The van der Waals surface area contributed by atoms with Gasteiger partial charge in [-0.3, -0.25) is 9.69 Å². The van der Waals surface area contributed by atoms with E-state index in [1.165, 1.54) is 6.07 Å². The van der Waals surface area contributed by atoms with E-state index < -0.39 is 0 Å². The van der Waals surface area contributed by atoms with Crippen molar-refractivity contribution < 1.29 is 18.7 Å². The van der Waals surface area contributed by atoms with Crippen LogP contribution in [0.2, 0.25) is 0 Å². The first kappa shape index (κ1) is 18.1. The minimum Gasteiger partial charge on any atom is -0.497 e. The lowest BCUT2D eigenvalue weighted by atomic mass is 9.79. The molecule has 2 aliphatic heterocycles. The molecular formula is C19H27FN2O3. The minimum atomic E-state index is -0.191. The monoisotopic (exact) mass is 350 g/mol. The van der Waals surface area contributed by atoms with Crippen molar-refractivity contribution in [2.75, 3.05) is 47.0 Å². The Kier molecular flexibility index (Phi) is 5.59. The van der Waals surface area contributed by atoms with Crippen molar-refractivity contribution in [2.24, 2.45) is 5.41 Å². The summed E-state index contributed by atoms with van der Waals surface area (Å²) in [5.41, 5.74) is 0.804. The molecule has 2 fully saturated rings. The molecule has 0 bridgehead atoms. The molecule has 6 heteroatoms. The number of ether oxygens (including phenoxy) is 2. The number of amides is 1. The van der Waals surface area contributed by atoms with Crippen LogP contribution in [0.5, 0.6) is 5.75 Å². The second-order valence-corrected chi connectivity index (χ2v) is 7.27. The third-order valence-electron chi connectivity index (χ3n) is 5.45. The summed E-state index contributed by atoms with van der Waals surface area (Å²) < 4.78 is 24.3. The van der Waals surface area contributed by atoms with Crippen molar-refractivity contribution in [3.63, 3.8) is 0 Å². The fourth-order valence-electron chi connectivity index (χ4n) is 4.18. The second kappa shape index (κ2) is 7.70. The molecule has 1 aromatic carbocycles. The average Bonchev–Trinajstić information content (AvgIpc) is 3.00. The highest BCUT2D eigenvalue weighted by Gasteiger charge is 2.42. The Morgan fingerprint density at radius 3 is 2.84 bits per heavy atom. The fourth-order valence-corrected chi connectivity index (χ4v) is 4.18. The van der Waals surface area contributed by atoms with Crippen LogP contribution in [0.3, 0.4) is 0 Å². The molecule has 1 amide bonds. The Morgan fingerprint density at radius 1 is 1.24 bits per heavy atom. The topological polar surface area (TPSA) is 42.0 Å². The Hall–Kier alpha value is -1.66. The summed E-state index contributed by atoms with van der Waals surface area (Å²) in [5, 5.41) is 0. The first-order valence-electron chi connectivity index (χ1n) is 8.87. The van der Waals surface area contributed by atoms with E-state index >= 15 is 0 Å². The number of likely N-dealkylation sites (tertiary alicyclic amines) is 2. The predicted octanol–water partition coefficient (Wildman–Crippen LogP) is 2.30. The Bertz CT molecular complexity index is 625. The van der Waals surface area contributed by atoms with Gasteiger partial charge in [0.1, 0.15) is 18.2 Å². The molecule has 2 aliphatic rings. The van der Waals surface area contributed by atoms with Crippen LogP contribution in [0, 0.1) is 11.2 Å². The van der Waals surface area contributed by atoms with Gasteiger partial charge in [-0.1, -0.05) is 0 Å². The Morgan fingerprint density at radius 2 is 2.08 bits per heavy atom. The van der Waals surface area contributed by atoms with Crippen LogP contribution in [0.4, 0.5) is 4.39 Å². The number of carbonyl (C=O) groups is 1. The van der Waals surface area contributed by atoms with Crippen molar-refractivity contribution >= 4 is 5.91 Å². The van der Waals surface area contributed by atoms with Gasteiger partial charge in [0.25, 0.3) is 0 Å². The van der Waals surface area contributed by atoms with Crippen LogP contribution in [0.1, 0.15) is 24.8 Å². The van der Waals surface area contributed by atoms with Gasteiger partial charge in [-0.25, -0.2) is 4.39 Å². The van der Waals surface area contributed by atoms with Gasteiger partial charge >= 0.3 is 0 Å². The number of benzene rings is 1. The van der Waals surface area contributed by atoms with E-state index in [0.717, 1.165) is 45.4 Å². The number of hydrogen-bond donors (Lipinski definition) is 0. The molecule has 1 spiro atoms. The van der Waals surface area contributed by atoms with Crippen LogP contribution in [-0.4, -0.2) is 62.7 Å². The van der Waals surface area contributed by atoms with Crippen molar-refractivity contribution in [1.29, 1.82) is 0 Å². The van der Waals surface area contributed by atoms with E-state index in [1.807, 2.05) is 4.90 Å². The summed E-state index contributed by atoms with van der Waals surface area (Å²) in [6.45, 7) is 4.17. The SMILES string of the molecule is COCC(=O)N1CC[C@]2(CCCN(Cc3cc(OC)ccc3F)C2)C1. The van der Waals surface area contributed by atoms with E-state index in [4.69, 9.17) is 9.47 Å². The molecule has 0 aliphatic carbocycles. The van der Waals surface area contributed by atoms with E-state index in [0.29, 0.717) is 17.9 Å². The molecule has 0 saturated carbocycles. The van der Waals surface area contributed by atoms with Gasteiger partial charge in [0.15, 0.2) is 0 Å². The third kappa shape index (κ3) is 4.12. The van der Waals surface area contributed by atoms with E-state index in [2.05, 4.69) is 4.90 Å². The molecule has 1 aromatic rings. The lowest BCUT2D eigenvalue weighted by Crippen LogP contribution is -2.45. The maximum Gasteiger partial charge on any atom is 0.248 e. The fraction of sp³-hybridized carbons (Fsp3) is 0.632. The van der Waals surface area contributed by atoms with Crippen LogP contribution in [0.15, 0.2) is 18.2 Å². The van der Waals surface area contributed by atoms with Gasteiger partial charge in [-0.2, -0.15) is 0 Å². The number of nitrogens with zero attached hydrogens (tertiary/aromatic N) is 2. The molecule has 138 valence electrons. The van der Waals surface area contributed by atoms with Gasteiger partial charge < -0.3 is 14.4 Å². The summed E-state index contributed by atoms with van der Waals surface area (Å²) in [7, 11) is 3.14. The maximum atomic E-state index is 14.1. The molecule has 0 aromatic heterocycles. The third-order valence-corrected chi connectivity index (χ3v) is 5.45. The number of hydrogen-bond acceptors (Lipinski definition) is 4. The lowest BCUT2D eigenvalue weighted by Gasteiger charge is -2.40. The highest BCUT2D eigenvalue weighted by atomic mass is 19.1. The van der Waals surface area contributed by atoms with Gasteiger partial charge in [0.05, 0.1) is 7.11 Å². The molecule has 25 heavy (non-hydrogen) atoms. The Balaban J connectivity index is 1.65. The van der Waals surface area contributed by atoms with Crippen molar-refractivity contribution in [3.8, 4) is 5.75 Å². The first-order valence-corrected chi connectivity index (χ1v) is 8.87. The number of rotatable bonds is 5. The molecule has 5 nitrogen and oxygen atoms in total. The number of methoxy groups -OCH3 is 2. The van der Waals surface area contributed by atoms with E-state index in [9.17, 15) is 9.18 Å². The second-order valence-electron chi connectivity index (χ2n) is 7.27. The molecule has 0 N–H and O–H groups in total. The highest BCUT2D eigenvalue weighted by molar-refractivity contribution is 5.77. The lowest BCUT2D eigenvalue weighted by molar-refractivity contribution is -0.134. The normalized spacial score (nSPS) is 24.0. The van der Waals surface area contributed by atoms with Gasteiger partial charge in [0.2, 0.25) is 5.91 Å². The number of piperidine rings is 1. The smallest absolute Gasteiger partial charge is 0.248 e. The van der Waals surface area contributed by atoms with Gasteiger partial charge in [-0.05, 0) is 44.0 Å². The van der Waals surface area contributed by atoms with Crippen LogP contribution < -0.4 is 4.74 Å². The van der Waals surface area contributed by atoms with Crippen molar-refractivity contribution in [2.45, 2.75) is 25.8 Å². The molecular weight excluding hydrogens is 323 g/mol. The molecule has 0 unspecified atom stereocenters. The minimum absolute atomic E-state index is 0.0651. The number of carbonyl (C=O) groups excluding carboxylic acids is 1. The molecule has 2 heterocycles. The quantitative estimate of drug-likeness (QED) is 0.817. The van der Waals surface area contributed by atoms with Crippen LogP contribution >= 0.6 is 0 Å². The molecule has 2 saturated heterocycles. The zero-order chi connectivity index (χ0) is 17.9. The zero-order valence-electron chi connectivity index (χ0n) is 15.1. The van der Waals surface area contributed by atoms with Crippen molar-refractivity contribution in [1.82, 2.24) is 9.80 Å². The average molecular weight is 350 g/mol. The summed E-state index contributed by atoms with van der Waals surface area (Å²) in [6.07, 6.45) is 3.22. The summed E-state index contributed by atoms with van der Waals surface area (Å²) >= 11 is 0. The van der Waals surface area contributed by atoms with E-state index in [1.54, 1.807) is 26.4 Å². The Labute approximate surface area is 148 Å². The highest BCUT2D eigenvalue weighted by Crippen LogP contribution is 2.39. The van der Waals surface area contributed by atoms with Crippen LogP contribution in [0.25, 0.3) is 0 Å². The first-order chi connectivity index (χ1) is 12.0. The standard InChI is InChI=1S/C19H27FN2O3/c1-24-12-18(23)22-9-7-19(14-22)6-3-8-21(13-19)11-15-10-16(25-2)4-5-17(15)20/h4-5,10H,3,6-9,11-14H2,1-2H3/t19-/m0/s1. The van der Waals surface area contributed by atoms with E-state index in [-0.39, 0.29) is 23.7 Å². The summed E-state index contributed by atoms with van der Waals surface area (Å²) in [5.74, 6) is 0.555. The zero-order valence-corrected chi connectivity index (χ0v) is 15.1. The van der Waals surface area contributed by atoms with Gasteiger partial charge in [-0.15, -0.1) is 0 Å². The summed E-state index contributed by atoms with van der Waals surface area (Å²) in [6, 6.07) is 4.89. The maximum absolute atomic E-state index is 14.1. The van der Waals surface area contributed by atoms with Gasteiger partial charge in [0, 0.05) is 44.3 Å². The van der Waals surface area contributed by atoms with Crippen molar-refractivity contribution in [3.05, 3.63) is 29.6 Å². The molecule has 0 radical (unpaired) electrons. The van der Waals surface area contributed by atoms with Crippen LogP contribution in [-0.2, 0) is 16.1 Å². The summed E-state index contributed by atoms with van der Waals surface area (Å²) in [4.78, 5) is 16.3.